The van der Waals surface area contributed by atoms with Gasteiger partial charge in [0, 0.05) is 44.4 Å². The predicted molar refractivity (Wildman–Crippen MR) is 296 cm³/mol. The number of methoxy groups -OCH3 is 2. The lowest BCUT2D eigenvalue weighted by Gasteiger charge is -2.22. The molecule has 382 valence electrons. The molecule has 2 aromatic rings. The molecule has 0 fully saturated rings. The van der Waals surface area contributed by atoms with E-state index in [9.17, 15) is 8.78 Å². The van der Waals surface area contributed by atoms with Gasteiger partial charge in [-0.25, -0.2) is 8.78 Å². The van der Waals surface area contributed by atoms with Crippen molar-refractivity contribution in [3.63, 3.8) is 0 Å². The molecule has 2 rings (SSSR count). The number of rotatable bonds is 35. The lowest BCUT2D eigenvalue weighted by Crippen LogP contribution is -2.32. The summed E-state index contributed by atoms with van der Waals surface area (Å²) in [7, 11) is 3.29. The van der Waals surface area contributed by atoms with E-state index in [1.54, 1.807) is 14.2 Å². The Labute approximate surface area is 421 Å². The van der Waals surface area contributed by atoms with E-state index in [0.29, 0.717) is 30.2 Å². The average Bonchev–Trinajstić information content (AvgIpc) is 3.29. The molecule has 0 heterocycles. The maximum absolute atomic E-state index is 14.2. The Balaban J connectivity index is 1.70. The lowest BCUT2D eigenvalue weighted by atomic mass is 10.0. The molecule has 0 saturated carbocycles. The number of ether oxygens (including phenoxy) is 2. The van der Waals surface area contributed by atoms with E-state index in [1.807, 2.05) is 12.1 Å². The second-order valence-corrected chi connectivity index (χ2v) is 19.8. The first-order chi connectivity index (χ1) is 33.1. The zero-order chi connectivity index (χ0) is 50.8. The van der Waals surface area contributed by atoms with Crippen molar-refractivity contribution in [1.82, 2.24) is 10.2 Å². The molecule has 0 aliphatic heterocycles. The number of benzene rings is 2. The fourth-order valence-electron chi connectivity index (χ4n) is 8.11. The SMILES string of the molecule is COc1ccc(CN(C/C=C(\C)CC/C=C(\C)CC/C=C(\C)CC/C=C(\C)CC/C=C(\C)CC/C=C(\C)CC/C=C(\C)CC/C=C(\C)CCC=C(C)C)CCNCc2ccc(F)cc2F)cc1OC. The van der Waals surface area contributed by atoms with Crippen LogP contribution in [-0.4, -0.2) is 38.8 Å². The molecule has 0 aliphatic carbocycles. The highest BCUT2D eigenvalue weighted by Gasteiger charge is 2.10. The number of nitrogens with zero attached hydrogens (tertiary/aromatic N) is 1. The van der Waals surface area contributed by atoms with Crippen molar-refractivity contribution in [3.8, 4) is 11.5 Å². The summed E-state index contributed by atoms with van der Waals surface area (Å²) in [6.07, 6.45) is 39.7. The van der Waals surface area contributed by atoms with Gasteiger partial charge in [0.05, 0.1) is 14.2 Å². The van der Waals surface area contributed by atoms with Crippen molar-refractivity contribution in [3.05, 3.63) is 164 Å². The first-order valence-electron chi connectivity index (χ1n) is 26.0. The van der Waals surface area contributed by atoms with Gasteiger partial charge in [-0.1, -0.05) is 117 Å². The Hall–Kier alpha value is -4.52. The third-order valence-corrected chi connectivity index (χ3v) is 12.8. The topological polar surface area (TPSA) is 33.7 Å². The van der Waals surface area contributed by atoms with E-state index in [4.69, 9.17) is 9.47 Å². The van der Waals surface area contributed by atoms with Crippen LogP contribution in [0.4, 0.5) is 8.78 Å². The largest absolute Gasteiger partial charge is 0.493 e. The van der Waals surface area contributed by atoms with Crippen molar-refractivity contribution >= 4 is 0 Å². The van der Waals surface area contributed by atoms with Gasteiger partial charge in [0.15, 0.2) is 11.5 Å². The highest BCUT2D eigenvalue weighted by Crippen LogP contribution is 2.28. The second kappa shape index (κ2) is 36.4. The third kappa shape index (κ3) is 30.0. The standard InChI is InChI=1S/C63H94F2N2O2/c1-49(2)21-13-22-50(3)23-14-24-51(4)25-15-26-52(5)27-16-28-53(6)29-17-30-54(7)31-18-32-55(8)33-19-34-56(9)35-20-36-57(10)41-43-67(48-58-37-40-62(68-11)63(45-58)69-12)44-42-66-47-59-38-39-60(64)46-61(59)65/h21,23,25,27,29,31,33,35,37-41,45-46,66H,13-20,22,24,26,28,30,32,34,36,42-44,47-48H2,1-12H3/b50-23+,51-25+,52-27+,53-29+,54-31+,55-33+,56-35+,57-41+. The summed E-state index contributed by atoms with van der Waals surface area (Å²) in [5, 5.41) is 3.33. The molecule has 1 N–H and O–H groups in total. The van der Waals surface area contributed by atoms with Gasteiger partial charge < -0.3 is 14.8 Å². The molecule has 69 heavy (non-hydrogen) atoms. The van der Waals surface area contributed by atoms with Crippen LogP contribution in [0.15, 0.2) is 141 Å². The first-order valence-corrected chi connectivity index (χ1v) is 26.0. The van der Waals surface area contributed by atoms with Gasteiger partial charge in [0.25, 0.3) is 0 Å². The van der Waals surface area contributed by atoms with Crippen molar-refractivity contribution in [2.75, 3.05) is 33.9 Å². The monoisotopic (exact) mass is 949 g/mol. The molecule has 6 heteroatoms. The van der Waals surface area contributed by atoms with Crippen LogP contribution in [0, 0.1) is 11.6 Å². The first kappa shape index (κ1) is 60.6. The van der Waals surface area contributed by atoms with Gasteiger partial charge in [-0.05, 0) is 196 Å². The van der Waals surface area contributed by atoms with E-state index in [2.05, 4.69) is 140 Å². The second-order valence-electron chi connectivity index (χ2n) is 19.8. The Morgan fingerprint density at radius 1 is 0.478 bits per heavy atom. The van der Waals surface area contributed by atoms with Crippen LogP contribution in [0.2, 0.25) is 0 Å². The molecule has 0 aliphatic rings. The predicted octanol–water partition coefficient (Wildman–Crippen LogP) is 18.4. The molecule has 2 aromatic carbocycles. The highest BCUT2D eigenvalue weighted by atomic mass is 19.1. The smallest absolute Gasteiger partial charge is 0.161 e. The minimum atomic E-state index is -0.562. The van der Waals surface area contributed by atoms with E-state index < -0.39 is 11.6 Å². The summed E-state index contributed by atoms with van der Waals surface area (Å²) in [5.41, 5.74) is 14.8. The summed E-state index contributed by atoms with van der Waals surface area (Å²) in [6, 6.07) is 9.75. The number of nitrogens with one attached hydrogen (secondary N) is 1. The number of halogens is 2. The Kier molecular flexibility index (Phi) is 32.0. The normalized spacial score (nSPS) is 13.7. The summed E-state index contributed by atoms with van der Waals surface area (Å²) in [5.74, 6) is 0.322. The van der Waals surface area contributed by atoms with Crippen LogP contribution in [0.25, 0.3) is 0 Å². The van der Waals surface area contributed by atoms with Crippen molar-refractivity contribution in [2.45, 2.75) is 185 Å². The van der Waals surface area contributed by atoms with Gasteiger partial charge in [0.1, 0.15) is 11.6 Å². The van der Waals surface area contributed by atoms with Crippen LogP contribution in [-0.2, 0) is 13.1 Å². The number of hydrogen-bond donors (Lipinski definition) is 1. The summed E-state index contributed by atoms with van der Waals surface area (Å²) in [4.78, 5) is 2.36. The van der Waals surface area contributed by atoms with E-state index in [-0.39, 0.29) is 0 Å². The Morgan fingerprint density at radius 3 is 1.25 bits per heavy atom. The number of hydrogen-bond acceptors (Lipinski definition) is 4. The minimum absolute atomic E-state index is 0.344. The summed E-state index contributed by atoms with van der Waals surface area (Å²) in [6.45, 7) is 25.8. The maximum atomic E-state index is 14.2. The molecular formula is C63H94F2N2O2. The highest BCUT2D eigenvalue weighted by molar-refractivity contribution is 5.43. The molecule has 4 nitrogen and oxygen atoms in total. The minimum Gasteiger partial charge on any atom is -0.493 e. The van der Waals surface area contributed by atoms with E-state index in [0.717, 1.165) is 121 Å². The van der Waals surface area contributed by atoms with Crippen LogP contribution < -0.4 is 14.8 Å². The van der Waals surface area contributed by atoms with Crippen LogP contribution in [0.1, 0.15) is 183 Å². The zero-order valence-corrected chi connectivity index (χ0v) is 45.5. The molecule has 0 aromatic heterocycles. The van der Waals surface area contributed by atoms with Crippen molar-refractivity contribution < 1.29 is 18.3 Å². The lowest BCUT2D eigenvalue weighted by molar-refractivity contribution is 0.290. The van der Waals surface area contributed by atoms with Crippen molar-refractivity contribution in [2.24, 2.45) is 0 Å². The fraction of sp³-hybridized carbons (Fsp3) is 0.524. The van der Waals surface area contributed by atoms with Crippen molar-refractivity contribution in [1.29, 1.82) is 0 Å². The Bertz CT molecular complexity index is 2090. The molecule has 0 atom stereocenters. The molecule has 0 radical (unpaired) electrons. The van der Waals surface area contributed by atoms with Gasteiger partial charge in [-0.15, -0.1) is 0 Å². The average molecular weight is 949 g/mol. The summed E-state index contributed by atoms with van der Waals surface area (Å²) < 4.78 is 38.6. The van der Waals surface area contributed by atoms with E-state index in [1.165, 1.54) is 75.1 Å². The van der Waals surface area contributed by atoms with Gasteiger partial charge in [0.2, 0.25) is 0 Å². The van der Waals surface area contributed by atoms with Gasteiger partial charge in [-0.3, -0.25) is 4.90 Å². The third-order valence-electron chi connectivity index (χ3n) is 12.8. The quantitative estimate of drug-likeness (QED) is 0.0551. The molecule has 0 amide bonds. The van der Waals surface area contributed by atoms with Gasteiger partial charge in [-0.2, -0.15) is 0 Å². The van der Waals surface area contributed by atoms with E-state index >= 15 is 0 Å². The van der Waals surface area contributed by atoms with Crippen LogP contribution in [0.3, 0.4) is 0 Å². The number of allylic oxidation sites excluding steroid dienone is 17. The molecule has 0 bridgehead atoms. The fourth-order valence-corrected chi connectivity index (χ4v) is 8.11. The van der Waals surface area contributed by atoms with Gasteiger partial charge >= 0.3 is 0 Å². The summed E-state index contributed by atoms with van der Waals surface area (Å²) >= 11 is 0. The van der Waals surface area contributed by atoms with Crippen LogP contribution >= 0.6 is 0 Å². The molecule has 0 saturated heterocycles. The molecule has 0 unspecified atom stereocenters. The zero-order valence-electron chi connectivity index (χ0n) is 45.5. The molecule has 0 spiro atoms. The Morgan fingerprint density at radius 2 is 0.870 bits per heavy atom. The molecular weight excluding hydrogens is 855 g/mol. The maximum Gasteiger partial charge on any atom is 0.161 e. The van der Waals surface area contributed by atoms with Crippen LogP contribution in [0.5, 0.6) is 11.5 Å².